The maximum atomic E-state index is 11.2. The van der Waals surface area contributed by atoms with E-state index >= 15 is 0 Å². The van der Waals surface area contributed by atoms with E-state index in [0.717, 1.165) is 0 Å². The monoisotopic (exact) mass is 261 g/mol. The summed E-state index contributed by atoms with van der Waals surface area (Å²) >= 11 is 0. The molecule has 0 aliphatic rings. The van der Waals surface area contributed by atoms with E-state index in [1.807, 2.05) is 0 Å². The highest BCUT2D eigenvalue weighted by Gasteiger charge is 2.17. The number of methoxy groups -OCH3 is 1. The summed E-state index contributed by atoms with van der Waals surface area (Å²) in [5.41, 5.74) is 6.19. The molecule has 3 N–H and O–H groups in total. The third-order valence-corrected chi connectivity index (χ3v) is 2.10. The highest BCUT2D eigenvalue weighted by molar-refractivity contribution is 5.85. The van der Waals surface area contributed by atoms with Crippen LogP contribution in [0.15, 0.2) is 18.2 Å². The van der Waals surface area contributed by atoms with Crippen LogP contribution in [-0.2, 0) is 9.53 Å². The minimum Gasteiger partial charge on any atom is -0.504 e. The van der Waals surface area contributed by atoms with Gasteiger partial charge in [-0.3, -0.25) is 4.79 Å². The number of ether oxygens (including phenoxy) is 2. The first-order chi connectivity index (χ1) is 7.60. The molecule has 0 bridgehead atoms. The van der Waals surface area contributed by atoms with Gasteiger partial charge in [-0.1, -0.05) is 6.07 Å². The van der Waals surface area contributed by atoms with Gasteiger partial charge in [0.1, 0.15) is 6.04 Å². The Bertz CT molecular complexity index is 384. The van der Waals surface area contributed by atoms with Crippen LogP contribution in [0.4, 0.5) is 0 Å². The number of benzene rings is 1. The summed E-state index contributed by atoms with van der Waals surface area (Å²) in [4.78, 5) is 11.2. The van der Waals surface area contributed by atoms with Crippen molar-refractivity contribution in [3.63, 3.8) is 0 Å². The fraction of sp³-hybridized carbons (Fsp3) is 0.364. The first-order valence-electron chi connectivity index (χ1n) is 4.89. The van der Waals surface area contributed by atoms with Gasteiger partial charge in [0.2, 0.25) is 0 Å². The van der Waals surface area contributed by atoms with Crippen molar-refractivity contribution in [1.29, 1.82) is 0 Å². The van der Waals surface area contributed by atoms with Crippen LogP contribution in [0.5, 0.6) is 11.5 Å². The maximum absolute atomic E-state index is 11.2. The van der Waals surface area contributed by atoms with Crippen molar-refractivity contribution in [3.8, 4) is 11.5 Å². The standard InChI is InChI=1S/C11H15NO4.ClH/c1-3-16-9-6-7(4-5-8(9)13)10(12)11(14)15-2;/h4-6,10,13H,3,12H2,1-2H3;1H/t10-;/m0./s1. The second-order valence-corrected chi connectivity index (χ2v) is 3.16. The zero-order valence-corrected chi connectivity index (χ0v) is 10.5. The molecule has 0 aliphatic heterocycles. The Morgan fingerprint density at radius 1 is 1.53 bits per heavy atom. The van der Waals surface area contributed by atoms with E-state index in [9.17, 15) is 9.90 Å². The van der Waals surface area contributed by atoms with Crippen LogP contribution >= 0.6 is 12.4 Å². The fourth-order valence-corrected chi connectivity index (χ4v) is 1.26. The van der Waals surface area contributed by atoms with Crippen molar-refractivity contribution >= 4 is 18.4 Å². The highest BCUT2D eigenvalue weighted by Crippen LogP contribution is 2.28. The molecule has 0 spiro atoms. The molecule has 0 unspecified atom stereocenters. The molecule has 1 aromatic carbocycles. The topological polar surface area (TPSA) is 81.8 Å². The molecule has 0 saturated carbocycles. The van der Waals surface area contributed by atoms with Crippen molar-refractivity contribution < 1.29 is 19.4 Å². The number of nitrogens with two attached hydrogens (primary N) is 1. The molecule has 6 heteroatoms. The van der Waals surface area contributed by atoms with E-state index in [4.69, 9.17) is 10.5 Å². The van der Waals surface area contributed by atoms with Gasteiger partial charge in [-0.15, -0.1) is 12.4 Å². The summed E-state index contributed by atoms with van der Waals surface area (Å²) in [6.07, 6.45) is 0. The number of hydrogen-bond donors (Lipinski definition) is 2. The summed E-state index contributed by atoms with van der Waals surface area (Å²) < 4.78 is 9.71. The van der Waals surface area contributed by atoms with Gasteiger partial charge < -0.3 is 20.3 Å². The van der Waals surface area contributed by atoms with Crippen LogP contribution in [-0.4, -0.2) is 24.8 Å². The molecule has 96 valence electrons. The molecule has 1 rings (SSSR count). The Morgan fingerprint density at radius 3 is 2.71 bits per heavy atom. The molecule has 0 heterocycles. The van der Waals surface area contributed by atoms with Crippen LogP contribution in [0.2, 0.25) is 0 Å². The van der Waals surface area contributed by atoms with E-state index in [2.05, 4.69) is 4.74 Å². The van der Waals surface area contributed by atoms with Crippen LogP contribution in [0, 0.1) is 0 Å². The molecule has 1 atom stereocenters. The van der Waals surface area contributed by atoms with Crippen molar-refractivity contribution in [2.45, 2.75) is 13.0 Å². The predicted molar refractivity (Wildman–Crippen MR) is 65.5 cm³/mol. The SMILES string of the molecule is CCOc1cc([C@H](N)C(=O)OC)ccc1O.Cl. The summed E-state index contributed by atoms with van der Waals surface area (Å²) in [5.74, 6) is -0.213. The number of phenolic OH excluding ortho intramolecular Hbond substituents is 1. The van der Waals surface area contributed by atoms with Crippen molar-refractivity contribution in [1.82, 2.24) is 0 Å². The molecule has 0 saturated heterocycles. The molecular formula is C11H16ClNO4. The number of carbonyl (C=O) groups is 1. The Labute approximate surface area is 106 Å². The Balaban J connectivity index is 0.00000256. The maximum Gasteiger partial charge on any atom is 0.327 e. The second-order valence-electron chi connectivity index (χ2n) is 3.16. The average Bonchev–Trinajstić information content (AvgIpc) is 2.30. The molecule has 0 amide bonds. The van der Waals surface area contributed by atoms with Crippen LogP contribution in [0.1, 0.15) is 18.5 Å². The van der Waals surface area contributed by atoms with Gasteiger partial charge in [-0.25, -0.2) is 0 Å². The van der Waals surface area contributed by atoms with Crippen LogP contribution in [0.25, 0.3) is 0 Å². The summed E-state index contributed by atoms with van der Waals surface area (Å²) in [7, 11) is 1.27. The van der Waals surface area contributed by atoms with Crippen molar-refractivity contribution in [3.05, 3.63) is 23.8 Å². The Hall–Kier alpha value is -1.46. The molecule has 0 fully saturated rings. The zero-order chi connectivity index (χ0) is 12.1. The van der Waals surface area contributed by atoms with Crippen LogP contribution in [0.3, 0.4) is 0 Å². The van der Waals surface area contributed by atoms with Gasteiger partial charge in [0.05, 0.1) is 13.7 Å². The number of carbonyl (C=O) groups excluding carboxylic acids is 1. The first-order valence-corrected chi connectivity index (χ1v) is 4.89. The number of hydrogen-bond acceptors (Lipinski definition) is 5. The largest absolute Gasteiger partial charge is 0.504 e. The van der Waals surface area contributed by atoms with Gasteiger partial charge in [0, 0.05) is 0 Å². The van der Waals surface area contributed by atoms with Crippen LogP contribution < -0.4 is 10.5 Å². The Kier molecular flexibility index (Phi) is 6.38. The van der Waals surface area contributed by atoms with E-state index in [1.54, 1.807) is 13.0 Å². The number of aromatic hydroxyl groups is 1. The minimum absolute atomic E-state index is 0. The van der Waals surface area contributed by atoms with E-state index < -0.39 is 12.0 Å². The molecule has 0 radical (unpaired) electrons. The van der Waals surface area contributed by atoms with Crippen molar-refractivity contribution in [2.24, 2.45) is 5.73 Å². The number of halogens is 1. The van der Waals surface area contributed by atoms with E-state index in [1.165, 1.54) is 19.2 Å². The van der Waals surface area contributed by atoms with Gasteiger partial charge in [-0.05, 0) is 24.6 Å². The average molecular weight is 262 g/mol. The van der Waals surface area contributed by atoms with Gasteiger partial charge in [0.25, 0.3) is 0 Å². The molecule has 0 aromatic heterocycles. The lowest BCUT2D eigenvalue weighted by Gasteiger charge is -2.12. The Morgan fingerprint density at radius 2 is 2.18 bits per heavy atom. The lowest BCUT2D eigenvalue weighted by atomic mass is 10.1. The smallest absolute Gasteiger partial charge is 0.327 e. The fourth-order valence-electron chi connectivity index (χ4n) is 1.26. The van der Waals surface area contributed by atoms with Gasteiger partial charge in [-0.2, -0.15) is 0 Å². The predicted octanol–water partition coefficient (Wildman–Crippen LogP) is 1.39. The summed E-state index contributed by atoms with van der Waals surface area (Å²) in [5, 5.41) is 9.46. The third kappa shape index (κ3) is 3.80. The minimum atomic E-state index is -0.871. The molecule has 5 nitrogen and oxygen atoms in total. The summed E-state index contributed by atoms with van der Waals surface area (Å²) in [6.45, 7) is 2.22. The summed E-state index contributed by atoms with van der Waals surface area (Å²) in [6, 6.07) is 3.65. The highest BCUT2D eigenvalue weighted by atomic mass is 35.5. The van der Waals surface area contributed by atoms with E-state index in [-0.39, 0.29) is 18.2 Å². The quantitative estimate of drug-likeness (QED) is 0.801. The normalized spacial score (nSPS) is 11.2. The number of phenols is 1. The first kappa shape index (κ1) is 15.5. The second kappa shape index (κ2) is 6.98. The molecular weight excluding hydrogens is 246 g/mol. The molecule has 1 aromatic rings. The lowest BCUT2D eigenvalue weighted by Crippen LogP contribution is -2.22. The number of rotatable bonds is 4. The van der Waals surface area contributed by atoms with Gasteiger partial charge >= 0.3 is 5.97 Å². The lowest BCUT2D eigenvalue weighted by molar-refractivity contribution is -0.142. The van der Waals surface area contributed by atoms with Gasteiger partial charge in [0.15, 0.2) is 11.5 Å². The number of esters is 1. The molecule has 0 aliphatic carbocycles. The van der Waals surface area contributed by atoms with E-state index in [0.29, 0.717) is 17.9 Å². The van der Waals surface area contributed by atoms with Crippen molar-refractivity contribution in [2.75, 3.05) is 13.7 Å². The zero-order valence-electron chi connectivity index (χ0n) is 9.67. The molecule has 17 heavy (non-hydrogen) atoms. The third-order valence-electron chi connectivity index (χ3n) is 2.10.